The Hall–Kier alpha value is -2.53. The number of hydrogen-bond acceptors (Lipinski definition) is 2. The van der Waals surface area contributed by atoms with Gasteiger partial charge in [-0.15, -0.1) is 0 Å². The summed E-state index contributed by atoms with van der Waals surface area (Å²) in [7, 11) is 0. The normalized spacial score (nSPS) is 20.8. The molecule has 4 rings (SSSR count). The average molecular weight is 481 g/mol. The van der Waals surface area contributed by atoms with Crippen LogP contribution in [0.5, 0.6) is 0 Å². The molecule has 0 radical (unpaired) electrons. The summed E-state index contributed by atoms with van der Waals surface area (Å²) in [6.45, 7) is 3.39. The highest BCUT2D eigenvalue weighted by Crippen LogP contribution is 2.37. The van der Waals surface area contributed by atoms with Crippen LogP contribution in [-0.4, -0.2) is 29.9 Å². The van der Waals surface area contributed by atoms with Crippen LogP contribution in [0.15, 0.2) is 59.2 Å². The molecule has 0 aliphatic heterocycles. The van der Waals surface area contributed by atoms with Gasteiger partial charge in [0.2, 0.25) is 5.91 Å². The van der Waals surface area contributed by atoms with Crippen LogP contribution in [0.2, 0.25) is 0 Å². The van der Waals surface area contributed by atoms with Crippen molar-refractivity contribution in [2.24, 2.45) is 5.73 Å². The second kappa shape index (κ2) is 11.9. The van der Waals surface area contributed by atoms with Crippen molar-refractivity contribution >= 4 is 5.91 Å². The topological polar surface area (TPSA) is 46.3 Å². The maximum Gasteiger partial charge on any atom is 0.224 e. The molecule has 0 heterocycles. The van der Waals surface area contributed by atoms with Crippen LogP contribution in [-0.2, 0) is 11.2 Å². The Balaban J connectivity index is 1.46. The molecule has 5 heteroatoms. The predicted octanol–water partition coefficient (Wildman–Crippen LogP) is 6.65. The SMILES string of the molecule is CC1=CC=CC=C(CN(CCC2=CCCCCC2)C(=O)CC(N)C2CCc3cc(F)c(F)cc32)C1. The molecule has 0 spiro atoms. The first-order chi connectivity index (χ1) is 16.9. The second-order valence-corrected chi connectivity index (χ2v) is 10.4. The number of rotatable bonds is 8. The number of nitrogens with two attached hydrogens (primary N) is 1. The quantitative estimate of drug-likeness (QED) is 0.423. The third kappa shape index (κ3) is 6.78. The number of nitrogens with zero attached hydrogens (tertiary/aromatic N) is 1. The molecule has 0 saturated carbocycles. The fourth-order valence-electron chi connectivity index (χ4n) is 5.67. The third-order valence-electron chi connectivity index (χ3n) is 7.65. The highest BCUT2D eigenvalue weighted by Gasteiger charge is 2.31. The molecule has 0 fully saturated rings. The lowest BCUT2D eigenvalue weighted by Crippen LogP contribution is -2.39. The third-order valence-corrected chi connectivity index (χ3v) is 7.65. The minimum absolute atomic E-state index is 0.0403. The van der Waals surface area contributed by atoms with Crippen LogP contribution < -0.4 is 5.73 Å². The lowest BCUT2D eigenvalue weighted by molar-refractivity contribution is -0.131. The molecule has 3 aliphatic carbocycles. The zero-order chi connectivity index (χ0) is 24.8. The van der Waals surface area contributed by atoms with Crippen molar-refractivity contribution in [3.05, 3.63) is 82.0 Å². The number of carbonyl (C=O) groups excluding carboxylic acids is 1. The zero-order valence-corrected chi connectivity index (χ0v) is 20.9. The van der Waals surface area contributed by atoms with Gasteiger partial charge < -0.3 is 10.6 Å². The first-order valence-electron chi connectivity index (χ1n) is 13.1. The first kappa shape index (κ1) is 25.6. The van der Waals surface area contributed by atoms with Gasteiger partial charge in [0.1, 0.15) is 0 Å². The Morgan fingerprint density at radius 1 is 1.09 bits per heavy atom. The van der Waals surface area contributed by atoms with Crippen LogP contribution in [0.4, 0.5) is 8.78 Å². The summed E-state index contributed by atoms with van der Waals surface area (Å²) < 4.78 is 27.6. The van der Waals surface area contributed by atoms with Crippen LogP contribution >= 0.6 is 0 Å². The summed E-state index contributed by atoms with van der Waals surface area (Å²) in [5.41, 5.74) is 12.1. The average Bonchev–Trinajstić information content (AvgIpc) is 2.97. The van der Waals surface area contributed by atoms with Crippen LogP contribution in [0.25, 0.3) is 0 Å². The van der Waals surface area contributed by atoms with Gasteiger partial charge in [0.25, 0.3) is 0 Å². The van der Waals surface area contributed by atoms with E-state index in [-0.39, 0.29) is 18.2 Å². The monoisotopic (exact) mass is 480 g/mol. The number of hydrogen-bond donors (Lipinski definition) is 1. The predicted molar refractivity (Wildman–Crippen MR) is 138 cm³/mol. The van der Waals surface area contributed by atoms with Crippen LogP contribution in [0.3, 0.4) is 0 Å². The van der Waals surface area contributed by atoms with Gasteiger partial charge in [0, 0.05) is 31.5 Å². The van der Waals surface area contributed by atoms with Crippen molar-refractivity contribution in [3.8, 4) is 0 Å². The molecule has 2 atom stereocenters. The number of benzene rings is 1. The van der Waals surface area contributed by atoms with Gasteiger partial charge >= 0.3 is 0 Å². The van der Waals surface area contributed by atoms with E-state index in [1.807, 2.05) is 17.1 Å². The Morgan fingerprint density at radius 2 is 1.89 bits per heavy atom. The van der Waals surface area contributed by atoms with E-state index in [0.29, 0.717) is 19.5 Å². The smallest absolute Gasteiger partial charge is 0.224 e. The molecule has 1 amide bonds. The Morgan fingerprint density at radius 3 is 2.74 bits per heavy atom. The molecule has 2 N–H and O–H groups in total. The van der Waals surface area contributed by atoms with E-state index in [4.69, 9.17) is 5.73 Å². The molecule has 1 aromatic rings. The van der Waals surface area contributed by atoms with Gasteiger partial charge in [0.15, 0.2) is 11.6 Å². The highest BCUT2D eigenvalue weighted by molar-refractivity contribution is 5.77. The number of halogens is 2. The van der Waals surface area contributed by atoms with Gasteiger partial charge in [-0.1, -0.05) is 47.9 Å². The van der Waals surface area contributed by atoms with E-state index >= 15 is 0 Å². The molecule has 188 valence electrons. The van der Waals surface area contributed by atoms with Crippen LogP contribution in [0.1, 0.15) is 81.8 Å². The molecule has 0 bridgehead atoms. The molecule has 0 saturated heterocycles. The van der Waals surface area contributed by atoms with Crippen molar-refractivity contribution in [1.82, 2.24) is 4.90 Å². The summed E-state index contributed by atoms with van der Waals surface area (Å²) in [6, 6.07) is 2.15. The fraction of sp³-hybridized carbons (Fsp3) is 0.500. The number of allylic oxidation sites excluding steroid dienone is 6. The summed E-state index contributed by atoms with van der Waals surface area (Å²) in [5.74, 6) is -1.74. The van der Waals surface area contributed by atoms with Crippen molar-refractivity contribution in [2.45, 2.75) is 83.1 Å². The van der Waals surface area contributed by atoms with Gasteiger partial charge in [-0.25, -0.2) is 8.78 Å². The maximum atomic E-state index is 13.9. The van der Waals surface area contributed by atoms with Crippen LogP contribution in [0, 0.1) is 11.6 Å². The van der Waals surface area contributed by atoms with Gasteiger partial charge in [-0.2, -0.15) is 0 Å². The summed E-state index contributed by atoms with van der Waals surface area (Å²) in [6.07, 6.45) is 20.0. The second-order valence-electron chi connectivity index (χ2n) is 10.4. The van der Waals surface area contributed by atoms with Crippen molar-refractivity contribution in [1.29, 1.82) is 0 Å². The van der Waals surface area contributed by atoms with E-state index in [9.17, 15) is 13.6 Å². The number of aryl methyl sites for hydroxylation is 1. The fourth-order valence-corrected chi connectivity index (χ4v) is 5.67. The zero-order valence-electron chi connectivity index (χ0n) is 20.9. The molecule has 0 aromatic heterocycles. The highest BCUT2D eigenvalue weighted by atomic mass is 19.2. The van der Waals surface area contributed by atoms with Gasteiger partial charge in [-0.3, -0.25) is 4.79 Å². The minimum Gasteiger partial charge on any atom is -0.338 e. The number of carbonyl (C=O) groups is 1. The Kier molecular flexibility index (Phi) is 8.72. The Labute approximate surface area is 208 Å². The minimum atomic E-state index is -0.843. The molecule has 2 unspecified atom stereocenters. The summed E-state index contributed by atoms with van der Waals surface area (Å²) >= 11 is 0. The first-order valence-corrected chi connectivity index (χ1v) is 13.1. The summed E-state index contributed by atoms with van der Waals surface area (Å²) in [5, 5.41) is 0. The van der Waals surface area contributed by atoms with Gasteiger partial charge in [0.05, 0.1) is 0 Å². The Bertz CT molecular complexity index is 1050. The molecule has 3 aliphatic rings. The number of fused-ring (bicyclic) bond motifs is 1. The van der Waals surface area contributed by atoms with Gasteiger partial charge in [-0.05, 0) is 87.1 Å². The van der Waals surface area contributed by atoms with Crippen molar-refractivity contribution < 1.29 is 13.6 Å². The standard InChI is InChI=1S/C30H38F2N2O/c1-21-8-6-7-11-23(16-21)20-34(15-14-22-9-4-2-3-5-10-22)30(35)19-29(33)25-13-12-24-17-27(31)28(32)18-26(24)25/h6-9,11,17-18,25,29H,2-5,10,12-16,19-20,33H2,1H3. The van der Waals surface area contributed by atoms with E-state index in [2.05, 4.69) is 25.2 Å². The molecule has 3 nitrogen and oxygen atoms in total. The molecular formula is C30H38F2N2O. The lowest BCUT2D eigenvalue weighted by atomic mass is 9.91. The lowest BCUT2D eigenvalue weighted by Gasteiger charge is -2.28. The largest absolute Gasteiger partial charge is 0.338 e. The van der Waals surface area contributed by atoms with E-state index < -0.39 is 17.7 Å². The summed E-state index contributed by atoms with van der Waals surface area (Å²) in [4.78, 5) is 15.5. The van der Waals surface area contributed by atoms with Crippen molar-refractivity contribution in [2.75, 3.05) is 13.1 Å². The van der Waals surface area contributed by atoms with Crippen molar-refractivity contribution in [3.63, 3.8) is 0 Å². The molecule has 35 heavy (non-hydrogen) atoms. The maximum absolute atomic E-state index is 13.9. The number of amides is 1. The molecular weight excluding hydrogens is 442 g/mol. The molecule has 1 aromatic carbocycles. The van der Waals surface area contributed by atoms with E-state index in [1.54, 1.807) is 0 Å². The van der Waals surface area contributed by atoms with E-state index in [0.717, 1.165) is 43.2 Å². The van der Waals surface area contributed by atoms with E-state index in [1.165, 1.54) is 48.1 Å².